The Morgan fingerprint density at radius 1 is 1.33 bits per heavy atom. The number of aryl methyl sites for hydroxylation is 1. The maximum atomic E-state index is 13.7. The second-order valence-corrected chi connectivity index (χ2v) is 7.94. The van der Waals surface area contributed by atoms with Crippen molar-refractivity contribution in [2.24, 2.45) is 18.4 Å². The largest absolute Gasteiger partial charge is 0.351 e. The van der Waals surface area contributed by atoms with Crippen LogP contribution in [0.4, 0.5) is 4.39 Å². The van der Waals surface area contributed by atoms with E-state index in [-0.39, 0.29) is 11.7 Å². The monoisotopic (exact) mass is 326 g/mol. The van der Waals surface area contributed by atoms with E-state index in [0.29, 0.717) is 11.0 Å². The van der Waals surface area contributed by atoms with Crippen LogP contribution in [0.2, 0.25) is 0 Å². The number of benzene rings is 1. The maximum absolute atomic E-state index is 13.7. The van der Waals surface area contributed by atoms with E-state index in [1.807, 2.05) is 25.7 Å². The predicted molar refractivity (Wildman–Crippen MR) is 97.0 cm³/mol. The highest BCUT2D eigenvalue weighted by atomic mass is 19.1. The van der Waals surface area contributed by atoms with Gasteiger partial charge in [-0.05, 0) is 62.0 Å². The molecule has 0 atom stereocenters. The normalized spacial score (nSPS) is 26.0. The predicted octanol–water partition coefficient (Wildman–Crippen LogP) is 2.28. The molecule has 0 unspecified atom stereocenters. The molecule has 3 saturated carbocycles. The van der Waals surface area contributed by atoms with E-state index in [4.69, 9.17) is 0 Å². The number of halogens is 1. The molecule has 3 fully saturated rings. The number of aromatic nitrogens is 1. The third kappa shape index (κ3) is 2.54. The third-order valence-corrected chi connectivity index (χ3v) is 6.37. The van der Waals surface area contributed by atoms with Crippen LogP contribution in [0.1, 0.15) is 48.9 Å². The zero-order valence-corrected chi connectivity index (χ0v) is 14.5. The molecule has 1 heterocycles. The molecule has 3 aliphatic carbocycles. The molecule has 3 aliphatic rings. The van der Waals surface area contributed by atoms with Crippen LogP contribution in [0.15, 0.2) is 18.3 Å². The molecule has 1 N–H and O–H groups in total. The summed E-state index contributed by atoms with van der Waals surface area (Å²) >= 11 is 0. The van der Waals surface area contributed by atoms with Crippen LogP contribution in [-0.4, -0.2) is 24.9 Å². The number of carbonyl (C=O) groups is 1. The molecule has 0 radical (unpaired) electrons. The molecule has 3 nitrogen and oxygen atoms in total. The van der Waals surface area contributed by atoms with Gasteiger partial charge in [-0.1, -0.05) is 5.46 Å². The molecule has 1 amide bonds. The van der Waals surface area contributed by atoms with Gasteiger partial charge in [0.2, 0.25) is 0 Å². The van der Waals surface area contributed by atoms with Crippen molar-refractivity contribution < 1.29 is 9.18 Å². The van der Waals surface area contributed by atoms with Gasteiger partial charge in [0, 0.05) is 25.2 Å². The van der Waals surface area contributed by atoms with Crippen molar-refractivity contribution in [3.63, 3.8) is 0 Å². The molecule has 126 valence electrons. The molecule has 0 aliphatic heterocycles. The molecule has 24 heavy (non-hydrogen) atoms. The molecule has 2 aromatic rings. The second-order valence-electron chi connectivity index (χ2n) is 7.94. The zero-order valence-electron chi connectivity index (χ0n) is 14.5. The van der Waals surface area contributed by atoms with Crippen LogP contribution in [0.25, 0.3) is 10.9 Å². The topological polar surface area (TPSA) is 34.0 Å². The summed E-state index contributed by atoms with van der Waals surface area (Å²) in [6, 6.07) is 3.00. The van der Waals surface area contributed by atoms with Crippen molar-refractivity contribution in [2.45, 2.75) is 38.5 Å². The highest BCUT2D eigenvalue weighted by Gasteiger charge is 2.40. The molecule has 1 aromatic carbocycles. The Kier molecular flexibility index (Phi) is 3.70. The van der Waals surface area contributed by atoms with Crippen molar-refractivity contribution in [1.82, 2.24) is 9.88 Å². The lowest BCUT2D eigenvalue weighted by atomic mass is 9.61. The van der Waals surface area contributed by atoms with Crippen molar-refractivity contribution in [2.75, 3.05) is 6.54 Å². The number of fused-ring (bicyclic) bond motifs is 4. The number of rotatable bonds is 3. The zero-order chi connectivity index (χ0) is 16.9. The lowest BCUT2D eigenvalue weighted by Gasteiger charge is -2.46. The Bertz CT molecular complexity index is 792. The van der Waals surface area contributed by atoms with Crippen LogP contribution in [0, 0.1) is 17.2 Å². The molecule has 0 saturated heterocycles. The Balaban J connectivity index is 1.58. The number of nitrogens with zero attached hydrogens (tertiary/aromatic N) is 1. The minimum atomic E-state index is -0.258. The first-order chi connectivity index (χ1) is 11.5. The Morgan fingerprint density at radius 2 is 2.00 bits per heavy atom. The van der Waals surface area contributed by atoms with Crippen LogP contribution >= 0.6 is 0 Å². The second kappa shape index (κ2) is 5.64. The van der Waals surface area contributed by atoms with E-state index in [1.54, 1.807) is 0 Å². The summed E-state index contributed by atoms with van der Waals surface area (Å²) in [5.41, 5.74) is 2.56. The van der Waals surface area contributed by atoms with Gasteiger partial charge in [0.15, 0.2) is 0 Å². The van der Waals surface area contributed by atoms with E-state index in [1.165, 1.54) is 50.7 Å². The fourth-order valence-corrected chi connectivity index (χ4v) is 4.82. The summed E-state index contributed by atoms with van der Waals surface area (Å²) in [6.45, 7) is 0.773. The Morgan fingerprint density at radius 3 is 2.67 bits per heavy atom. The minimum Gasteiger partial charge on any atom is -0.351 e. The smallest absolute Gasteiger partial charge is 0.253 e. The SMILES string of the molecule is Bc1cc(F)cc2c1c(C(=O)NCC13CCC(CC1)CC3)cn2C. The standard InChI is InChI=1S/C19H24BFN2O/c1-23-10-14(17-15(20)8-13(21)9-16(17)23)18(24)22-11-19-5-2-12(3-6-19)4-7-19/h8-10,12H,2-7,11,20H2,1H3,(H,22,24). The minimum absolute atomic E-state index is 0.0302. The summed E-state index contributed by atoms with van der Waals surface area (Å²) in [5, 5.41) is 4.05. The first-order valence-corrected chi connectivity index (χ1v) is 9.01. The summed E-state index contributed by atoms with van der Waals surface area (Å²) < 4.78 is 15.5. The lowest BCUT2D eigenvalue weighted by molar-refractivity contribution is 0.0598. The number of hydrogen-bond donors (Lipinski definition) is 1. The quantitative estimate of drug-likeness (QED) is 0.863. The summed E-state index contributed by atoms with van der Waals surface area (Å²) in [5.74, 6) is 0.640. The maximum Gasteiger partial charge on any atom is 0.253 e. The summed E-state index contributed by atoms with van der Waals surface area (Å²) in [6.07, 6.45) is 9.53. The Hall–Kier alpha value is -1.78. The average Bonchev–Trinajstić information content (AvgIpc) is 2.92. The highest BCUT2D eigenvalue weighted by Crippen LogP contribution is 2.49. The fourth-order valence-electron chi connectivity index (χ4n) is 4.82. The van der Waals surface area contributed by atoms with E-state index in [9.17, 15) is 9.18 Å². The van der Waals surface area contributed by atoms with Gasteiger partial charge in [0.05, 0.1) is 11.1 Å². The fraction of sp³-hybridized carbons (Fsp3) is 0.526. The summed E-state index contributed by atoms with van der Waals surface area (Å²) in [4.78, 5) is 12.8. The van der Waals surface area contributed by atoms with Crippen molar-refractivity contribution in [3.8, 4) is 0 Å². The first kappa shape index (κ1) is 15.7. The van der Waals surface area contributed by atoms with Crippen LogP contribution in [-0.2, 0) is 7.05 Å². The number of hydrogen-bond acceptors (Lipinski definition) is 1. The molecule has 5 heteroatoms. The van der Waals surface area contributed by atoms with Gasteiger partial charge >= 0.3 is 0 Å². The van der Waals surface area contributed by atoms with Gasteiger partial charge in [-0.15, -0.1) is 0 Å². The van der Waals surface area contributed by atoms with Crippen LogP contribution < -0.4 is 10.8 Å². The van der Waals surface area contributed by atoms with Gasteiger partial charge in [0.25, 0.3) is 5.91 Å². The molecule has 1 aromatic heterocycles. The van der Waals surface area contributed by atoms with Crippen LogP contribution in [0.3, 0.4) is 0 Å². The van der Waals surface area contributed by atoms with E-state index in [0.717, 1.165) is 28.8 Å². The third-order valence-electron chi connectivity index (χ3n) is 6.37. The van der Waals surface area contributed by atoms with Gasteiger partial charge in [0.1, 0.15) is 13.7 Å². The molecule has 2 bridgehead atoms. The number of amides is 1. The summed E-state index contributed by atoms with van der Waals surface area (Å²) in [7, 11) is 3.72. The number of nitrogens with one attached hydrogen (secondary N) is 1. The van der Waals surface area contributed by atoms with E-state index < -0.39 is 0 Å². The van der Waals surface area contributed by atoms with E-state index in [2.05, 4.69) is 5.32 Å². The van der Waals surface area contributed by atoms with Crippen LogP contribution in [0.5, 0.6) is 0 Å². The van der Waals surface area contributed by atoms with Crippen molar-refractivity contribution in [1.29, 1.82) is 0 Å². The molecule has 0 spiro atoms. The first-order valence-electron chi connectivity index (χ1n) is 9.01. The lowest BCUT2D eigenvalue weighted by Crippen LogP contribution is -2.43. The van der Waals surface area contributed by atoms with E-state index >= 15 is 0 Å². The van der Waals surface area contributed by atoms with Gasteiger partial charge in [-0.3, -0.25) is 4.79 Å². The molecular formula is C19H24BFN2O. The van der Waals surface area contributed by atoms with Crippen molar-refractivity contribution in [3.05, 3.63) is 29.7 Å². The molecular weight excluding hydrogens is 302 g/mol. The van der Waals surface area contributed by atoms with Gasteiger partial charge in [-0.2, -0.15) is 0 Å². The van der Waals surface area contributed by atoms with Crippen molar-refractivity contribution >= 4 is 30.1 Å². The van der Waals surface area contributed by atoms with Gasteiger partial charge in [-0.25, -0.2) is 4.39 Å². The Labute approximate surface area is 143 Å². The molecule has 5 rings (SSSR count). The average molecular weight is 326 g/mol. The number of carbonyl (C=O) groups excluding carboxylic acids is 1. The highest BCUT2D eigenvalue weighted by molar-refractivity contribution is 6.40. The van der Waals surface area contributed by atoms with Gasteiger partial charge < -0.3 is 9.88 Å².